The standard InChI is InChI=1S/C17H25NO3/c1-2-18(13-15-7-4-3-5-8-15)17(19)10-12-20-14-16-9-6-11-21-16/h3-5,7-8,16H,2,6,9-14H2,1H3/t16-/m0/s1. The minimum atomic E-state index is 0.147. The molecule has 0 N–H and O–H groups in total. The highest BCUT2D eigenvalue weighted by atomic mass is 16.5. The molecule has 21 heavy (non-hydrogen) atoms. The van der Waals surface area contributed by atoms with Crippen molar-refractivity contribution in [3.05, 3.63) is 35.9 Å². The van der Waals surface area contributed by atoms with Crippen molar-refractivity contribution in [3.8, 4) is 0 Å². The molecule has 0 unspecified atom stereocenters. The molecule has 1 heterocycles. The minimum absolute atomic E-state index is 0.147. The van der Waals surface area contributed by atoms with Gasteiger partial charge in [-0.3, -0.25) is 4.79 Å². The molecule has 116 valence electrons. The molecule has 4 nitrogen and oxygen atoms in total. The first kappa shape index (κ1) is 16.0. The van der Waals surface area contributed by atoms with Crippen LogP contribution in [0.1, 0.15) is 31.7 Å². The Balaban J connectivity index is 1.67. The molecule has 0 aliphatic carbocycles. The van der Waals surface area contributed by atoms with Crippen LogP contribution in [0, 0.1) is 0 Å². The van der Waals surface area contributed by atoms with Crippen molar-refractivity contribution in [3.63, 3.8) is 0 Å². The minimum Gasteiger partial charge on any atom is -0.378 e. The van der Waals surface area contributed by atoms with Gasteiger partial charge < -0.3 is 14.4 Å². The topological polar surface area (TPSA) is 38.8 Å². The van der Waals surface area contributed by atoms with E-state index < -0.39 is 0 Å². The van der Waals surface area contributed by atoms with Crippen molar-refractivity contribution in [2.45, 2.75) is 38.8 Å². The number of hydrogen-bond acceptors (Lipinski definition) is 3. The second kappa shape index (κ2) is 8.80. The maximum absolute atomic E-state index is 12.2. The summed E-state index contributed by atoms with van der Waals surface area (Å²) in [5.74, 6) is 0.147. The molecule has 1 saturated heterocycles. The van der Waals surface area contributed by atoms with E-state index >= 15 is 0 Å². The molecule has 4 heteroatoms. The first-order valence-electron chi connectivity index (χ1n) is 7.80. The van der Waals surface area contributed by atoms with E-state index in [-0.39, 0.29) is 12.0 Å². The quantitative estimate of drug-likeness (QED) is 0.691. The number of amides is 1. The van der Waals surface area contributed by atoms with Crippen molar-refractivity contribution in [2.75, 3.05) is 26.4 Å². The Bertz CT molecular complexity index is 415. The van der Waals surface area contributed by atoms with Crippen molar-refractivity contribution in [2.24, 2.45) is 0 Å². The zero-order chi connectivity index (χ0) is 14.9. The van der Waals surface area contributed by atoms with Crippen LogP contribution in [0.2, 0.25) is 0 Å². The number of carbonyl (C=O) groups excluding carboxylic acids is 1. The number of benzene rings is 1. The van der Waals surface area contributed by atoms with E-state index in [2.05, 4.69) is 0 Å². The summed E-state index contributed by atoms with van der Waals surface area (Å²) in [5.41, 5.74) is 1.16. The predicted octanol–water partition coefficient (Wildman–Crippen LogP) is 2.62. The van der Waals surface area contributed by atoms with E-state index in [1.165, 1.54) is 0 Å². The maximum Gasteiger partial charge on any atom is 0.225 e. The SMILES string of the molecule is CCN(Cc1ccccc1)C(=O)CCOC[C@@H]1CCCO1. The van der Waals surface area contributed by atoms with Gasteiger partial charge in [-0.1, -0.05) is 30.3 Å². The van der Waals surface area contributed by atoms with Gasteiger partial charge in [-0.05, 0) is 25.3 Å². The van der Waals surface area contributed by atoms with Crippen LogP contribution in [0.15, 0.2) is 30.3 Å². The summed E-state index contributed by atoms with van der Waals surface area (Å²) in [5, 5.41) is 0. The molecule has 0 spiro atoms. The smallest absolute Gasteiger partial charge is 0.225 e. The van der Waals surface area contributed by atoms with E-state index in [0.29, 0.717) is 26.2 Å². The molecule has 0 aromatic heterocycles. The second-order valence-corrected chi connectivity index (χ2v) is 5.35. The molecule has 1 fully saturated rings. The van der Waals surface area contributed by atoms with Gasteiger partial charge in [-0.15, -0.1) is 0 Å². The van der Waals surface area contributed by atoms with Gasteiger partial charge in [0.15, 0.2) is 0 Å². The molecule has 0 saturated carbocycles. The van der Waals surface area contributed by atoms with Crippen molar-refractivity contribution < 1.29 is 14.3 Å². The average Bonchev–Trinajstić information content (AvgIpc) is 3.03. The van der Waals surface area contributed by atoms with Crippen LogP contribution < -0.4 is 0 Å². The zero-order valence-electron chi connectivity index (χ0n) is 12.8. The van der Waals surface area contributed by atoms with Gasteiger partial charge in [0.2, 0.25) is 5.91 Å². The fourth-order valence-electron chi connectivity index (χ4n) is 2.49. The van der Waals surface area contributed by atoms with Crippen LogP contribution in [-0.4, -0.2) is 43.3 Å². The molecule has 2 rings (SSSR count). The Morgan fingerprint density at radius 3 is 2.86 bits per heavy atom. The van der Waals surface area contributed by atoms with E-state index in [9.17, 15) is 4.79 Å². The second-order valence-electron chi connectivity index (χ2n) is 5.35. The number of nitrogens with zero attached hydrogens (tertiary/aromatic N) is 1. The summed E-state index contributed by atoms with van der Waals surface area (Å²) < 4.78 is 11.0. The molecule has 1 aromatic rings. The highest BCUT2D eigenvalue weighted by molar-refractivity contribution is 5.76. The molecule has 1 amide bonds. The molecule has 1 aliphatic heterocycles. The molecule has 1 aliphatic rings. The molecular weight excluding hydrogens is 266 g/mol. The third-order valence-electron chi connectivity index (χ3n) is 3.74. The van der Waals surface area contributed by atoms with Crippen LogP contribution in [0.5, 0.6) is 0 Å². The lowest BCUT2D eigenvalue weighted by molar-refractivity contribution is -0.133. The first-order chi connectivity index (χ1) is 10.3. The fraction of sp³-hybridized carbons (Fsp3) is 0.588. The fourth-order valence-corrected chi connectivity index (χ4v) is 2.49. The van der Waals surface area contributed by atoms with E-state index in [0.717, 1.165) is 31.6 Å². The third-order valence-corrected chi connectivity index (χ3v) is 3.74. The molecule has 1 aromatic carbocycles. The Hall–Kier alpha value is -1.39. The van der Waals surface area contributed by atoms with Crippen LogP contribution in [0.25, 0.3) is 0 Å². The highest BCUT2D eigenvalue weighted by Crippen LogP contribution is 2.12. The Morgan fingerprint density at radius 1 is 1.38 bits per heavy atom. The number of ether oxygens (including phenoxy) is 2. The van der Waals surface area contributed by atoms with Crippen LogP contribution in [-0.2, 0) is 20.8 Å². The molecule has 0 radical (unpaired) electrons. The van der Waals surface area contributed by atoms with Crippen molar-refractivity contribution in [1.29, 1.82) is 0 Å². The largest absolute Gasteiger partial charge is 0.378 e. The van der Waals surface area contributed by atoms with Gasteiger partial charge in [0.05, 0.1) is 25.7 Å². The van der Waals surface area contributed by atoms with Crippen LogP contribution in [0.3, 0.4) is 0 Å². The van der Waals surface area contributed by atoms with Crippen molar-refractivity contribution >= 4 is 5.91 Å². The highest BCUT2D eigenvalue weighted by Gasteiger charge is 2.16. The van der Waals surface area contributed by atoms with Gasteiger partial charge in [0.1, 0.15) is 0 Å². The summed E-state index contributed by atoms with van der Waals surface area (Å²) in [6.07, 6.45) is 2.86. The number of rotatable bonds is 8. The summed E-state index contributed by atoms with van der Waals surface area (Å²) in [6, 6.07) is 10.1. The number of hydrogen-bond donors (Lipinski definition) is 0. The lowest BCUT2D eigenvalue weighted by atomic mass is 10.2. The van der Waals surface area contributed by atoms with E-state index in [4.69, 9.17) is 9.47 Å². The molecular formula is C17H25NO3. The van der Waals surface area contributed by atoms with Gasteiger partial charge in [0.25, 0.3) is 0 Å². The van der Waals surface area contributed by atoms with Gasteiger partial charge >= 0.3 is 0 Å². The van der Waals surface area contributed by atoms with Crippen molar-refractivity contribution in [1.82, 2.24) is 4.90 Å². The van der Waals surface area contributed by atoms with E-state index in [1.54, 1.807) is 0 Å². The van der Waals surface area contributed by atoms with Gasteiger partial charge in [0, 0.05) is 19.7 Å². The Kier molecular flexibility index (Phi) is 6.70. The summed E-state index contributed by atoms with van der Waals surface area (Å²) in [7, 11) is 0. The van der Waals surface area contributed by atoms with E-state index in [1.807, 2.05) is 42.2 Å². The normalized spacial score (nSPS) is 17.9. The molecule has 1 atom stereocenters. The average molecular weight is 291 g/mol. The monoisotopic (exact) mass is 291 g/mol. The van der Waals surface area contributed by atoms with Gasteiger partial charge in [-0.25, -0.2) is 0 Å². The lowest BCUT2D eigenvalue weighted by Gasteiger charge is -2.21. The lowest BCUT2D eigenvalue weighted by Crippen LogP contribution is -2.31. The predicted molar refractivity (Wildman–Crippen MR) is 81.9 cm³/mol. The third kappa shape index (κ3) is 5.48. The Morgan fingerprint density at radius 2 is 2.19 bits per heavy atom. The maximum atomic E-state index is 12.2. The summed E-state index contributed by atoms with van der Waals surface area (Å²) in [4.78, 5) is 14.1. The Labute approximate surface area is 127 Å². The van der Waals surface area contributed by atoms with Crippen LogP contribution >= 0.6 is 0 Å². The first-order valence-corrected chi connectivity index (χ1v) is 7.80. The van der Waals surface area contributed by atoms with Crippen LogP contribution in [0.4, 0.5) is 0 Å². The van der Waals surface area contributed by atoms with Gasteiger partial charge in [-0.2, -0.15) is 0 Å². The number of carbonyl (C=O) groups is 1. The summed E-state index contributed by atoms with van der Waals surface area (Å²) >= 11 is 0. The molecule has 0 bridgehead atoms. The summed E-state index contributed by atoms with van der Waals surface area (Å²) in [6.45, 7) is 5.32. The zero-order valence-corrected chi connectivity index (χ0v) is 12.8.